The number of aromatic nitrogens is 3. The molecule has 0 aliphatic heterocycles. The summed E-state index contributed by atoms with van der Waals surface area (Å²) in [7, 11) is 0. The number of nitrogens with one attached hydrogen (secondary N) is 1. The van der Waals surface area contributed by atoms with Gasteiger partial charge in [0.15, 0.2) is 5.82 Å². The molecule has 0 fully saturated rings. The smallest absolute Gasteiger partial charge is 0.256 e. The number of fused-ring (bicyclic) bond motifs is 1. The summed E-state index contributed by atoms with van der Waals surface area (Å²) in [6.07, 6.45) is 3.13. The molecule has 0 unspecified atom stereocenters. The highest BCUT2D eigenvalue weighted by Gasteiger charge is 2.13. The van der Waals surface area contributed by atoms with Crippen molar-refractivity contribution < 1.29 is 14.1 Å². The van der Waals surface area contributed by atoms with Crippen LogP contribution in [-0.4, -0.2) is 27.4 Å². The Morgan fingerprint density at radius 3 is 2.76 bits per heavy atom. The SMILES string of the molecule is Cc1ccc(C(=O)Nc2ccon2)cc1-c1ccc2c(OC(C)C)nncc2c1. The fraction of sp³-hybridized carbons (Fsp3) is 0.182. The number of rotatable bonds is 5. The lowest BCUT2D eigenvalue weighted by Gasteiger charge is -2.12. The van der Waals surface area contributed by atoms with Crippen molar-refractivity contribution in [3.8, 4) is 17.0 Å². The number of carbonyl (C=O) groups is 1. The summed E-state index contributed by atoms with van der Waals surface area (Å²) in [5.74, 6) is 0.639. The van der Waals surface area contributed by atoms with E-state index in [-0.39, 0.29) is 12.0 Å². The number of nitrogens with zero attached hydrogens (tertiary/aromatic N) is 3. The molecule has 2 heterocycles. The quantitative estimate of drug-likeness (QED) is 0.536. The molecule has 1 amide bonds. The predicted molar refractivity (Wildman–Crippen MR) is 110 cm³/mol. The standard InChI is InChI=1S/C22H20N4O3/c1-13(2)29-22-18-7-6-15(10-17(18)12-23-25-22)19-11-16(5-4-14(19)3)21(27)24-20-8-9-28-26-20/h4-13H,1-3H3,(H,24,26,27). The summed E-state index contributed by atoms with van der Waals surface area (Å²) < 4.78 is 10.5. The van der Waals surface area contributed by atoms with Gasteiger partial charge in [-0.25, -0.2) is 0 Å². The Balaban J connectivity index is 1.70. The lowest BCUT2D eigenvalue weighted by Crippen LogP contribution is -2.12. The molecular weight excluding hydrogens is 368 g/mol. The molecule has 4 aromatic rings. The zero-order chi connectivity index (χ0) is 20.4. The minimum Gasteiger partial charge on any atom is -0.473 e. The molecule has 0 bridgehead atoms. The number of hydrogen-bond donors (Lipinski definition) is 1. The number of benzene rings is 2. The van der Waals surface area contributed by atoms with E-state index in [4.69, 9.17) is 9.26 Å². The maximum Gasteiger partial charge on any atom is 0.256 e. The summed E-state index contributed by atoms with van der Waals surface area (Å²) in [6, 6.07) is 13.2. The van der Waals surface area contributed by atoms with Gasteiger partial charge in [0.1, 0.15) is 6.26 Å². The van der Waals surface area contributed by atoms with Crippen molar-refractivity contribution in [3.63, 3.8) is 0 Å². The van der Waals surface area contributed by atoms with Crippen molar-refractivity contribution >= 4 is 22.5 Å². The second kappa shape index (κ2) is 7.71. The fourth-order valence-electron chi connectivity index (χ4n) is 3.08. The topological polar surface area (TPSA) is 90.1 Å². The third-order valence-corrected chi connectivity index (χ3v) is 4.46. The fourth-order valence-corrected chi connectivity index (χ4v) is 3.08. The molecule has 0 aliphatic carbocycles. The van der Waals surface area contributed by atoms with Crippen LogP contribution in [0, 0.1) is 6.92 Å². The number of ether oxygens (including phenoxy) is 1. The molecule has 2 aromatic heterocycles. The van der Waals surface area contributed by atoms with E-state index in [2.05, 4.69) is 20.7 Å². The molecule has 4 rings (SSSR count). The van der Waals surface area contributed by atoms with Crippen LogP contribution in [0.5, 0.6) is 5.88 Å². The third-order valence-electron chi connectivity index (χ3n) is 4.46. The van der Waals surface area contributed by atoms with Gasteiger partial charge in [0.05, 0.1) is 12.3 Å². The molecule has 0 spiro atoms. The van der Waals surface area contributed by atoms with Crippen molar-refractivity contribution in [2.75, 3.05) is 5.32 Å². The molecule has 0 saturated heterocycles. The van der Waals surface area contributed by atoms with Crippen LogP contribution in [0.25, 0.3) is 21.9 Å². The zero-order valence-corrected chi connectivity index (χ0v) is 16.3. The highest BCUT2D eigenvalue weighted by atomic mass is 16.5. The van der Waals surface area contributed by atoms with Gasteiger partial charge in [-0.15, -0.1) is 5.10 Å². The van der Waals surface area contributed by atoms with Crippen LogP contribution in [-0.2, 0) is 0 Å². The first-order chi connectivity index (χ1) is 14.0. The van der Waals surface area contributed by atoms with E-state index < -0.39 is 0 Å². The average molecular weight is 388 g/mol. The number of carbonyl (C=O) groups excluding carboxylic acids is 1. The van der Waals surface area contributed by atoms with Crippen LogP contribution in [0.3, 0.4) is 0 Å². The molecule has 29 heavy (non-hydrogen) atoms. The molecule has 0 radical (unpaired) electrons. The van der Waals surface area contributed by atoms with Crippen LogP contribution < -0.4 is 10.1 Å². The predicted octanol–water partition coefficient (Wildman–Crippen LogP) is 4.63. The lowest BCUT2D eigenvalue weighted by molar-refractivity contribution is 0.102. The van der Waals surface area contributed by atoms with E-state index >= 15 is 0 Å². The van der Waals surface area contributed by atoms with Crippen LogP contribution >= 0.6 is 0 Å². The van der Waals surface area contributed by atoms with Gasteiger partial charge in [-0.1, -0.05) is 17.3 Å². The Morgan fingerprint density at radius 2 is 2.00 bits per heavy atom. The summed E-state index contributed by atoms with van der Waals surface area (Å²) in [5.41, 5.74) is 3.53. The number of hydrogen-bond acceptors (Lipinski definition) is 6. The zero-order valence-electron chi connectivity index (χ0n) is 16.3. The number of aryl methyl sites for hydroxylation is 1. The molecule has 0 atom stereocenters. The van der Waals surface area contributed by atoms with Crippen molar-refractivity contribution in [2.24, 2.45) is 0 Å². The van der Waals surface area contributed by atoms with Crippen molar-refractivity contribution in [1.82, 2.24) is 15.4 Å². The Hall–Kier alpha value is -3.74. The van der Waals surface area contributed by atoms with E-state index in [0.29, 0.717) is 17.3 Å². The van der Waals surface area contributed by atoms with Gasteiger partial charge in [-0.3, -0.25) is 4.79 Å². The minimum atomic E-state index is -0.251. The second-order valence-electron chi connectivity index (χ2n) is 6.99. The first-order valence-corrected chi connectivity index (χ1v) is 9.26. The Bertz CT molecular complexity index is 1170. The van der Waals surface area contributed by atoms with E-state index in [1.165, 1.54) is 6.26 Å². The van der Waals surface area contributed by atoms with E-state index in [1.807, 2.05) is 51.1 Å². The molecule has 0 aliphatic rings. The lowest BCUT2D eigenvalue weighted by atomic mass is 9.96. The Kier molecular flexibility index (Phi) is 4.95. The monoisotopic (exact) mass is 388 g/mol. The summed E-state index contributed by atoms with van der Waals surface area (Å²) in [6.45, 7) is 5.92. The van der Waals surface area contributed by atoms with Gasteiger partial charge >= 0.3 is 0 Å². The van der Waals surface area contributed by atoms with E-state index in [1.54, 1.807) is 18.3 Å². The third kappa shape index (κ3) is 3.94. The largest absolute Gasteiger partial charge is 0.473 e. The Labute approximate surface area is 167 Å². The molecule has 2 aromatic carbocycles. The molecular formula is C22H20N4O3. The first kappa shape index (κ1) is 18.6. The Morgan fingerprint density at radius 1 is 1.14 bits per heavy atom. The first-order valence-electron chi connectivity index (χ1n) is 9.26. The highest BCUT2D eigenvalue weighted by molar-refractivity contribution is 6.04. The van der Waals surface area contributed by atoms with Gasteiger partial charge in [0.25, 0.3) is 5.91 Å². The molecule has 0 saturated carbocycles. The second-order valence-corrected chi connectivity index (χ2v) is 6.99. The summed E-state index contributed by atoms with van der Waals surface area (Å²) in [4.78, 5) is 12.5. The van der Waals surface area contributed by atoms with Gasteiger partial charge in [0, 0.05) is 22.4 Å². The summed E-state index contributed by atoms with van der Waals surface area (Å²) in [5, 5.41) is 16.4. The number of amides is 1. The van der Waals surface area contributed by atoms with Crippen LogP contribution in [0.1, 0.15) is 29.8 Å². The maximum absolute atomic E-state index is 12.5. The van der Waals surface area contributed by atoms with Crippen molar-refractivity contribution in [2.45, 2.75) is 26.9 Å². The molecule has 1 N–H and O–H groups in total. The van der Waals surface area contributed by atoms with Crippen LogP contribution in [0.2, 0.25) is 0 Å². The van der Waals surface area contributed by atoms with Crippen LogP contribution in [0.4, 0.5) is 5.82 Å². The summed E-state index contributed by atoms with van der Waals surface area (Å²) >= 11 is 0. The van der Waals surface area contributed by atoms with Crippen LogP contribution in [0.15, 0.2) is 59.4 Å². The normalized spacial score (nSPS) is 11.0. The van der Waals surface area contributed by atoms with E-state index in [9.17, 15) is 4.79 Å². The number of anilines is 1. The van der Waals surface area contributed by atoms with Gasteiger partial charge in [-0.2, -0.15) is 5.10 Å². The average Bonchev–Trinajstić information content (AvgIpc) is 3.20. The van der Waals surface area contributed by atoms with Crippen molar-refractivity contribution in [3.05, 3.63) is 66.1 Å². The molecule has 7 heteroatoms. The van der Waals surface area contributed by atoms with E-state index in [0.717, 1.165) is 27.5 Å². The highest BCUT2D eigenvalue weighted by Crippen LogP contribution is 2.30. The van der Waals surface area contributed by atoms with Crippen molar-refractivity contribution in [1.29, 1.82) is 0 Å². The maximum atomic E-state index is 12.5. The van der Waals surface area contributed by atoms with Gasteiger partial charge in [-0.05, 0) is 61.7 Å². The van der Waals surface area contributed by atoms with Gasteiger partial charge < -0.3 is 14.6 Å². The molecule has 7 nitrogen and oxygen atoms in total. The minimum absolute atomic E-state index is 0.0109. The van der Waals surface area contributed by atoms with Gasteiger partial charge in [0.2, 0.25) is 5.88 Å². The molecule has 146 valence electrons.